The van der Waals surface area contributed by atoms with E-state index in [4.69, 9.17) is 16.3 Å². The van der Waals surface area contributed by atoms with Crippen LogP contribution in [0.4, 0.5) is 5.69 Å². The third kappa shape index (κ3) is 3.10. The van der Waals surface area contributed by atoms with Crippen molar-refractivity contribution in [1.29, 1.82) is 0 Å². The number of fused-ring (bicyclic) bond motifs is 1. The molecule has 0 aliphatic carbocycles. The average molecular weight is 336 g/mol. The lowest BCUT2D eigenvalue weighted by atomic mass is 9.92. The fraction of sp³-hybridized carbons (Fsp3) is 0.143. The van der Waals surface area contributed by atoms with Crippen LogP contribution >= 0.6 is 11.6 Å². The summed E-state index contributed by atoms with van der Waals surface area (Å²) in [4.78, 5) is 0. The van der Waals surface area contributed by atoms with E-state index in [0.717, 1.165) is 22.9 Å². The molecule has 120 valence electrons. The van der Waals surface area contributed by atoms with Gasteiger partial charge in [-0.1, -0.05) is 66.2 Å². The molecule has 2 atom stereocenters. The van der Waals surface area contributed by atoms with E-state index in [2.05, 4.69) is 41.7 Å². The van der Waals surface area contributed by atoms with Crippen molar-refractivity contribution >= 4 is 17.3 Å². The second-order valence-electron chi connectivity index (χ2n) is 6.00. The van der Waals surface area contributed by atoms with Gasteiger partial charge in [-0.3, -0.25) is 0 Å². The van der Waals surface area contributed by atoms with Crippen LogP contribution in [0.25, 0.3) is 0 Å². The normalized spacial score (nSPS) is 19.2. The highest BCUT2D eigenvalue weighted by Crippen LogP contribution is 2.42. The molecule has 0 aromatic heterocycles. The largest absolute Gasteiger partial charge is 0.485 e. The second kappa shape index (κ2) is 6.58. The topological polar surface area (TPSA) is 21.3 Å². The molecule has 1 N–H and O–H groups in total. The summed E-state index contributed by atoms with van der Waals surface area (Å²) in [6.07, 6.45) is 0.908. The minimum absolute atomic E-state index is 0.0396. The third-order valence-corrected chi connectivity index (χ3v) is 4.59. The van der Waals surface area contributed by atoms with Crippen LogP contribution in [0.5, 0.6) is 5.75 Å². The maximum Gasteiger partial charge on any atom is 0.126 e. The average Bonchev–Trinajstić information content (AvgIpc) is 2.62. The van der Waals surface area contributed by atoms with Gasteiger partial charge in [-0.05, 0) is 29.8 Å². The summed E-state index contributed by atoms with van der Waals surface area (Å²) >= 11 is 6.12. The van der Waals surface area contributed by atoms with E-state index in [1.807, 2.05) is 42.5 Å². The van der Waals surface area contributed by atoms with E-state index in [1.165, 1.54) is 11.1 Å². The number of benzene rings is 3. The highest BCUT2D eigenvalue weighted by Gasteiger charge is 2.29. The molecule has 0 amide bonds. The van der Waals surface area contributed by atoms with E-state index in [0.29, 0.717) is 0 Å². The molecule has 0 spiro atoms. The summed E-state index contributed by atoms with van der Waals surface area (Å²) in [6, 6.07) is 26.6. The zero-order chi connectivity index (χ0) is 16.4. The predicted molar refractivity (Wildman–Crippen MR) is 98.7 cm³/mol. The zero-order valence-electron chi connectivity index (χ0n) is 13.2. The van der Waals surface area contributed by atoms with Crippen molar-refractivity contribution in [2.45, 2.75) is 18.6 Å². The Hall–Kier alpha value is -2.45. The Morgan fingerprint density at radius 1 is 0.875 bits per heavy atom. The molecule has 3 aromatic rings. The first-order chi connectivity index (χ1) is 11.8. The maximum atomic E-state index is 6.24. The lowest BCUT2D eigenvalue weighted by molar-refractivity contribution is 0.165. The Morgan fingerprint density at radius 3 is 2.50 bits per heavy atom. The van der Waals surface area contributed by atoms with Gasteiger partial charge < -0.3 is 10.1 Å². The number of nitrogens with one attached hydrogen (secondary N) is 1. The Balaban J connectivity index is 1.67. The fourth-order valence-electron chi connectivity index (χ4n) is 3.21. The van der Waals surface area contributed by atoms with Crippen molar-refractivity contribution in [2.24, 2.45) is 0 Å². The molecule has 0 saturated heterocycles. The molecule has 0 fully saturated rings. The van der Waals surface area contributed by atoms with Gasteiger partial charge >= 0.3 is 0 Å². The molecule has 2 nitrogen and oxygen atoms in total. The molecule has 3 aromatic carbocycles. The van der Waals surface area contributed by atoms with Gasteiger partial charge in [0.1, 0.15) is 11.9 Å². The van der Waals surface area contributed by atoms with Crippen molar-refractivity contribution < 1.29 is 4.74 Å². The van der Waals surface area contributed by atoms with E-state index < -0.39 is 0 Å². The number of para-hydroxylation sites is 1. The van der Waals surface area contributed by atoms with Crippen molar-refractivity contribution in [2.75, 3.05) is 5.32 Å². The molecule has 1 aliphatic rings. The van der Waals surface area contributed by atoms with Gasteiger partial charge in [0.25, 0.3) is 0 Å². The van der Waals surface area contributed by atoms with Gasteiger partial charge in [0.05, 0.1) is 6.04 Å². The Bertz CT molecular complexity index is 834. The van der Waals surface area contributed by atoms with Gasteiger partial charge in [0, 0.05) is 22.7 Å². The zero-order valence-corrected chi connectivity index (χ0v) is 13.9. The quantitative estimate of drug-likeness (QED) is 0.632. The number of rotatable bonds is 3. The van der Waals surface area contributed by atoms with Crippen LogP contribution in [0.2, 0.25) is 5.02 Å². The molecule has 1 heterocycles. The Kier molecular flexibility index (Phi) is 4.14. The number of ether oxygens (including phenoxy) is 1. The molecule has 0 saturated carbocycles. The van der Waals surface area contributed by atoms with Crippen molar-refractivity contribution in [3.8, 4) is 5.75 Å². The predicted octanol–water partition coefficient (Wildman–Crippen LogP) is 6.02. The van der Waals surface area contributed by atoms with Crippen molar-refractivity contribution in [1.82, 2.24) is 0 Å². The van der Waals surface area contributed by atoms with E-state index >= 15 is 0 Å². The summed E-state index contributed by atoms with van der Waals surface area (Å²) in [5, 5.41) is 4.35. The second-order valence-corrected chi connectivity index (χ2v) is 6.43. The molecule has 1 aliphatic heterocycles. The standard InChI is InChI=1S/C21H18ClNO/c22-16-9-6-10-17(13-16)23-19-14-21(15-7-2-1-3-8-15)24-20-12-5-4-11-18(19)20/h1-13,19,21,23H,14H2. The lowest BCUT2D eigenvalue weighted by Gasteiger charge is -2.33. The highest BCUT2D eigenvalue weighted by atomic mass is 35.5. The molecule has 0 radical (unpaired) electrons. The minimum Gasteiger partial charge on any atom is -0.485 e. The molecule has 2 unspecified atom stereocenters. The Labute approximate surface area is 147 Å². The van der Waals surface area contributed by atoms with Crippen LogP contribution < -0.4 is 10.1 Å². The SMILES string of the molecule is Clc1cccc(NC2CC(c3ccccc3)Oc3ccccc32)c1. The molecule has 0 bridgehead atoms. The molecule has 24 heavy (non-hydrogen) atoms. The number of hydrogen-bond donors (Lipinski definition) is 1. The van der Waals surface area contributed by atoms with Crippen LogP contribution in [0.1, 0.15) is 29.7 Å². The van der Waals surface area contributed by atoms with Crippen LogP contribution in [0.15, 0.2) is 78.9 Å². The van der Waals surface area contributed by atoms with Crippen molar-refractivity contribution in [3.05, 3.63) is 95.0 Å². The molecular formula is C21H18ClNO. The number of hydrogen-bond acceptors (Lipinski definition) is 2. The molecule has 3 heteroatoms. The fourth-order valence-corrected chi connectivity index (χ4v) is 3.40. The third-order valence-electron chi connectivity index (χ3n) is 4.35. The first-order valence-electron chi connectivity index (χ1n) is 8.12. The van der Waals surface area contributed by atoms with Crippen LogP contribution in [-0.2, 0) is 0 Å². The summed E-state index contributed by atoms with van der Waals surface area (Å²) in [5.74, 6) is 0.942. The van der Waals surface area contributed by atoms with Gasteiger partial charge in [0.2, 0.25) is 0 Å². The lowest BCUT2D eigenvalue weighted by Crippen LogP contribution is -2.23. The summed E-state index contributed by atoms with van der Waals surface area (Å²) in [7, 11) is 0. The van der Waals surface area contributed by atoms with E-state index in [1.54, 1.807) is 0 Å². The monoisotopic (exact) mass is 335 g/mol. The van der Waals surface area contributed by atoms with Gasteiger partial charge in [0.15, 0.2) is 0 Å². The summed E-state index contributed by atoms with van der Waals surface area (Å²) in [6.45, 7) is 0. The maximum absolute atomic E-state index is 6.24. The van der Waals surface area contributed by atoms with E-state index in [9.17, 15) is 0 Å². The first-order valence-corrected chi connectivity index (χ1v) is 8.50. The first kappa shape index (κ1) is 15.1. The summed E-state index contributed by atoms with van der Waals surface area (Å²) < 4.78 is 6.24. The smallest absolute Gasteiger partial charge is 0.126 e. The van der Waals surface area contributed by atoms with Crippen LogP contribution in [0.3, 0.4) is 0 Å². The van der Waals surface area contributed by atoms with Gasteiger partial charge in [-0.15, -0.1) is 0 Å². The highest BCUT2D eigenvalue weighted by molar-refractivity contribution is 6.30. The minimum atomic E-state index is 0.0396. The van der Waals surface area contributed by atoms with Crippen LogP contribution in [0, 0.1) is 0 Å². The van der Waals surface area contributed by atoms with Gasteiger partial charge in [-0.25, -0.2) is 0 Å². The molecule has 4 rings (SSSR count). The van der Waals surface area contributed by atoms with Crippen LogP contribution in [-0.4, -0.2) is 0 Å². The van der Waals surface area contributed by atoms with E-state index in [-0.39, 0.29) is 12.1 Å². The van der Waals surface area contributed by atoms with Gasteiger partial charge in [-0.2, -0.15) is 0 Å². The molecular weight excluding hydrogens is 318 g/mol. The summed E-state index contributed by atoms with van der Waals surface area (Å²) in [5.41, 5.74) is 3.41. The number of halogens is 1. The Morgan fingerprint density at radius 2 is 1.67 bits per heavy atom. The van der Waals surface area contributed by atoms with Crippen molar-refractivity contribution in [3.63, 3.8) is 0 Å². The number of anilines is 1.